The molecule has 1 saturated heterocycles. The SMILES string of the molecule is COc1cc2ccnc(NC[C@@H]3CCCO[C@H]3c3cn[nH]c3)c2cc1F. The summed E-state index contributed by atoms with van der Waals surface area (Å²) in [4.78, 5) is 4.40. The molecular formula is C19H21FN4O2. The summed E-state index contributed by atoms with van der Waals surface area (Å²) in [6.07, 6.45) is 7.47. The second-order valence-corrected chi connectivity index (χ2v) is 6.47. The van der Waals surface area contributed by atoms with Gasteiger partial charge in [-0.25, -0.2) is 9.37 Å². The Balaban J connectivity index is 1.56. The van der Waals surface area contributed by atoms with Crippen molar-refractivity contribution in [1.82, 2.24) is 15.2 Å². The van der Waals surface area contributed by atoms with E-state index >= 15 is 0 Å². The van der Waals surface area contributed by atoms with Crippen molar-refractivity contribution in [2.24, 2.45) is 5.92 Å². The molecule has 1 aliphatic rings. The minimum absolute atomic E-state index is 0.00167. The number of rotatable bonds is 5. The van der Waals surface area contributed by atoms with Crippen LogP contribution in [0.4, 0.5) is 10.2 Å². The molecule has 0 saturated carbocycles. The third-order valence-electron chi connectivity index (χ3n) is 4.86. The number of nitrogens with zero attached hydrogens (tertiary/aromatic N) is 2. The molecule has 4 rings (SSSR count). The van der Waals surface area contributed by atoms with E-state index in [1.807, 2.05) is 12.3 Å². The second kappa shape index (κ2) is 7.29. The molecule has 26 heavy (non-hydrogen) atoms. The predicted octanol–water partition coefficient (Wildman–Crippen LogP) is 3.69. The highest BCUT2D eigenvalue weighted by Gasteiger charge is 2.28. The van der Waals surface area contributed by atoms with Crippen molar-refractivity contribution >= 4 is 16.6 Å². The largest absolute Gasteiger partial charge is 0.494 e. The van der Waals surface area contributed by atoms with Gasteiger partial charge in [0.2, 0.25) is 0 Å². The average molecular weight is 356 g/mol. The topological polar surface area (TPSA) is 72.1 Å². The smallest absolute Gasteiger partial charge is 0.165 e. The van der Waals surface area contributed by atoms with Gasteiger partial charge in [0.05, 0.1) is 19.4 Å². The number of hydrogen-bond acceptors (Lipinski definition) is 5. The van der Waals surface area contributed by atoms with Gasteiger partial charge in [-0.3, -0.25) is 5.10 Å². The fourth-order valence-corrected chi connectivity index (χ4v) is 3.54. The number of halogens is 1. The van der Waals surface area contributed by atoms with Gasteiger partial charge in [-0.1, -0.05) is 0 Å². The van der Waals surface area contributed by atoms with Gasteiger partial charge in [0.15, 0.2) is 11.6 Å². The Labute approximate surface area is 150 Å². The van der Waals surface area contributed by atoms with Crippen molar-refractivity contribution in [3.63, 3.8) is 0 Å². The molecule has 2 N–H and O–H groups in total. The van der Waals surface area contributed by atoms with E-state index in [1.54, 1.807) is 18.5 Å². The summed E-state index contributed by atoms with van der Waals surface area (Å²) >= 11 is 0. The van der Waals surface area contributed by atoms with Gasteiger partial charge in [-0.2, -0.15) is 5.10 Å². The predicted molar refractivity (Wildman–Crippen MR) is 96.7 cm³/mol. The zero-order valence-corrected chi connectivity index (χ0v) is 14.5. The van der Waals surface area contributed by atoms with Gasteiger partial charge in [0.1, 0.15) is 5.82 Å². The third kappa shape index (κ3) is 3.22. The highest BCUT2D eigenvalue weighted by Crippen LogP contribution is 2.34. The Hall–Kier alpha value is -2.67. The van der Waals surface area contributed by atoms with Crippen LogP contribution >= 0.6 is 0 Å². The lowest BCUT2D eigenvalue weighted by Gasteiger charge is -2.31. The Morgan fingerprint density at radius 3 is 3.15 bits per heavy atom. The van der Waals surface area contributed by atoms with Crippen LogP contribution in [-0.4, -0.2) is 35.4 Å². The first-order valence-corrected chi connectivity index (χ1v) is 8.72. The van der Waals surface area contributed by atoms with Crippen LogP contribution < -0.4 is 10.1 Å². The molecule has 0 radical (unpaired) electrons. The van der Waals surface area contributed by atoms with E-state index in [0.717, 1.165) is 35.8 Å². The molecule has 0 amide bonds. The quantitative estimate of drug-likeness (QED) is 0.730. The number of anilines is 1. The van der Waals surface area contributed by atoms with Crippen molar-refractivity contribution < 1.29 is 13.9 Å². The lowest BCUT2D eigenvalue weighted by Crippen LogP contribution is -2.28. The summed E-state index contributed by atoms with van der Waals surface area (Å²) in [7, 11) is 1.46. The lowest BCUT2D eigenvalue weighted by atomic mass is 9.91. The lowest BCUT2D eigenvalue weighted by molar-refractivity contribution is -0.0238. The van der Waals surface area contributed by atoms with Crippen molar-refractivity contribution in [2.45, 2.75) is 18.9 Å². The fraction of sp³-hybridized carbons (Fsp3) is 0.368. The van der Waals surface area contributed by atoms with Gasteiger partial charge in [-0.15, -0.1) is 0 Å². The van der Waals surface area contributed by atoms with E-state index in [-0.39, 0.29) is 11.9 Å². The molecule has 0 aliphatic carbocycles. The number of fused-ring (bicyclic) bond motifs is 1. The van der Waals surface area contributed by atoms with E-state index in [0.29, 0.717) is 18.3 Å². The third-order valence-corrected chi connectivity index (χ3v) is 4.86. The fourth-order valence-electron chi connectivity index (χ4n) is 3.54. The van der Waals surface area contributed by atoms with E-state index < -0.39 is 5.82 Å². The molecule has 2 atom stereocenters. The standard InChI is InChI=1S/C19H21FN4O2/c1-25-17-7-12-4-5-21-19(15(12)8-16(17)20)22-9-13-3-2-6-26-18(13)14-10-23-24-11-14/h4-5,7-8,10-11,13,18H,2-3,6,9H2,1H3,(H,21,22)(H,23,24)/t13-,18+/m0/s1. The first kappa shape index (κ1) is 16.8. The number of benzene rings is 1. The van der Waals surface area contributed by atoms with Gasteiger partial charge >= 0.3 is 0 Å². The summed E-state index contributed by atoms with van der Waals surface area (Å²) in [5.41, 5.74) is 1.05. The molecule has 0 unspecified atom stereocenters. The van der Waals surface area contributed by atoms with E-state index in [9.17, 15) is 4.39 Å². The highest BCUT2D eigenvalue weighted by molar-refractivity contribution is 5.92. The second-order valence-electron chi connectivity index (χ2n) is 6.47. The normalized spacial score (nSPS) is 20.2. The minimum Gasteiger partial charge on any atom is -0.494 e. The molecule has 1 aromatic carbocycles. The molecule has 7 heteroatoms. The summed E-state index contributed by atoms with van der Waals surface area (Å²) in [5.74, 6) is 0.797. The number of pyridine rings is 1. The van der Waals surface area contributed by atoms with Gasteiger partial charge in [0.25, 0.3) is 0 Å². The van der Waals surface area contributed by atoms with Gasteiger partial charge in [-0.05, 0) is 36.4 Å². The Morgan fingerprint density at radius 1 is 1.42 bits per heavy atom. The maximum atomic E-state index is 14.1. The monoisotopic (exact) mass is 356 g/mol. The van der Waals surface area contributed by atoms with Crippen molar-refractivity contribution in [1.29, 1.82) is 0 Å². The molecule has 0 spiro atoms. The average Bonchev–Trinajstić information content (AvgIpc) is 3.20. The van der Waals surface area contributed by atoms with Gasteiger partial charge < -0.3 is 14.8 Å². The number of ether oxygens (including phenoxy) is 2. The van der Waals surface area contributed by atoms with Crippen LogP contribution in [0.1, 0.15) is 24.5 Å². The first-order chi connectivity index (χ1) is 12.8. The minimum atomic E-state index is -0.395. The number of nitrogens with one attached hydrogen (secondary N) is 2. The van der Waals surface area contributed by atoms with Crippen molar-refractivity contribution in [3.8, 4) is 5.75 Å². The van der Waals surface area contributed by atoms with Crippen LogP contribution in [-0.2, 0) is 4.74 Å². The molecule has 1 fully saturated rings. The maximum Gasteiger partial charge on any atom is 0.165 e. The molecule has 2 aromatic heterocycles. The van der Waals surface area contributed by atoms with Crippen LogP contribution in [0.2, 0.25) is 0 Å². The Morgan fingerprint density at radius 2 is 2.35 bits per heavy atom. The summed E-state index contributed by atoms with van der Waals surface area (Å²) < 4.78 is 25.2. The molecule has 3 heterocycles. The number of aromatic nitrogens is 3. The summed E-state index contributed by atoms with van der Waals surface area (Å²) in [6, 6.07) is 5.00. The molecule has 1 aliphatic heterocycles. The van der Waals surface area contributed by atoms with Gasteiger partial charge in [0, 0.05) is 42.4 Å². The summed E-state index contributed by atoms with van der Waals surface area (Å²) in [6.45, 7) is 1.44. The maximum absolute atomic E-state index is 14.1. The first-order valence-electron chi connectivity index (χ1n) is 8.72. The molecule has 6 nitrogen and oxygen atoms in total. The zero-order chi connectivity index (χ0) is 17.9. The number of H-pyrrole nitrogens is 1. The van der Waals surface area contributed by atoms with Crippen LogP contribution in [0.15, 0.2) is 36.8 Å². The van der Waals surface area contributed by atoms with Crippen LogP contribution in [0.3, 0.4) is 0 Å². The van der Waals surface area contributed by atoms with Crippen LogP contribution in [0.25, 0.3) is 10.8 Å². The van der Waals surface area contributed by atoms with Crippen molar-refractivity contribution in [3.05, 3.63) is 48.2 Å². The number of aromatic amines is 1. The van der Waals surface area contributed by atoms with E-state index in [2.05, 4.69) is 20.5 Å². The van der Waals surface area contributed by atoms with Crippen LogP contribution in [0, 0.1) is 11.7 Å². The Kier molecular flexibility index (Phi) is 4.71. The van der Waals surface area contributed by atoms with E-state index in [4.69, 9.17) is 9.47 Å². The summed E-state index contributed by atoms with van der Waals surface area (Å²) in [5, 5.41) is 11.9. The molecule has 3 aromatic rings. The number of methoxy groups -OCH3 is 1. The molecule has 136 valence electrons. The Bertz CT molecular complexity index is 885. The van der Waals surface area contributed by atoms with Crippen molar-refractivity contribution in [2.75, 3.05) is 25.6 Å². The molecule has 0 bridgehead atoms. The number of hydrogen-bond donors (Lipinski definition) is 2. The zero-order valence-electron chi connectivity index (χ0n) is 14.5. The molecular weight excluding hydrogens is 335 g/mol. The van der Waals surface area contributed by atoms with Crippen LogP contribution in [0.5, 0.6) is 5.75 Å². The highest BCUT2D eigenvalue weighted by atomic mass is 19.1. The van der Waals surface area contributed by atoms with E-state index in [1.165, 1.54) is 13.2 Å².